The summed E-state index contributed by atoms with van der Waals surface area (Å²) in [5.41, 5.74) is 2.93. The van der Waals surface area contributed by atoms with Crippen LogP contribution in [0.25, 0.3) is 0 Å². The molecule has 1 saturated heterocycles. The first-order valence-electron chi connectivity index (χ1n) is 8.52. The Hall–Kier alpha value is -3.10. The van der Waals surface area contributed by atoms with Gasteiger partial charge in [-0.2, -0.15) is 4.98 Å². The van der Waals surface area contributed by atoms with Crippen LogP contribution in [0.3, 0.4) is 0 Å². The van der Waals surface area contributed by atoms with Gasteiger partial charge in [0.1, 0.15) is 0 Å². The van der Waals surface area contributed by atoms with Gasteiger partial charge >= 0.3 is 6.03 Å². The molecule has 0 radical (unpaired) electrons. The molecule has 1 aromatic heterocycles. The molecule has 138 valence electrons. The van der Waals surface area contributed by atoms with E-state index in [0.717, 1.165) is 30.0 Å². The summed E-state index contributed by atoms with van der Waals surface area (Å²) in [5, 5.41) is 11.4. The van der Waals surface area contributed by atoms with Crippen LogP contribution < -0.4 is 20.9 Å². The van der Waals surface area contributed by atoms with Crippen molar-refractivity contribution in [3.05, 3.63) is 35.5 Å². The molecule has 3 N–H and O–H groups in total. The number of carbonyl (C=O) groups is 2. The minimum Gasteiger partial charge on any atom is -0.371 e. The number of aromatic nitrogens is 2. The Kier molecular flexibility index (Phi) is 5.35. The molecule has 0 spiro atoms. The molecular formula is C17H22N6O3. The van der Waals surface area contributed by atoms with E-state index in [4.69, 9.17) is 4.52 Å². The van der Waals surface area contributed by atoms with Crippen molar-refractivity contribution in [2.24, 2.45) is 0 Å². The quantitative estimate of drug-likeness (QED) is 0.749. The Morgan fingerprint density at radius 3 is 2.77 bits per heavy atom. The van der Waals surface area contributed by atoms with E-state index in [9.17, 15) is 9.59 Å². The van der Waals surface area contributed by atoms with E-state index in [0.29, 0.717) is 0 Å². The van der Waals surface area contributed by atoms with Crippen LogP contribution in [0.4, 0.5) is 16.2 Å². The molecular weight excluding hydrogens is 336 g/mol. The zero-order chi connectivity index (χ0) is 18.5. The summed E-state index contributed by atoms with van der Waals surface area (Å²) in [6.45, 7) is 4.11. The lowest BCUT2D eigenvalue weighted by molar-refractivity contribution is 0.0950. The molecule has 0 unspecified atom stereocenters. The Bertz CT molecular complexity index is 798. The first kappa shape index (κ1) is 17.7. The lowest BCUT2D eigenvalue weighted by Crippen LogP contribution is -2.29. The van der Waals surface area contributed by atoms with Gasteiger partial charge < -0.3 is 25.4 Å². The SMILES string of the molecule is CNC(=O)c1noc(CNC(=O)Nc2cccc(N3CCCC3)c2C)n1. The third-order valence-electron chi connectivity index (χ3n) is 4.30. The number of carbonyl (C=O) groups excluding carboxylic acids is 2. The van der Waals surface area contributed by atoms with Crippen molar-refractivity contribution in [2.45, 2.75) is 26.3 Å². The van der Waals surface area contributed by atoms with E-state index in [1.165, 1.54) is 19.9 Å². The fourth-order valence-electron chi connectivity index (χ4n) is 2.91. The second kappa shape index (κ2) is 7.85. The summed E-state index contributed by atoms with van der Waals surface area (Å²) >= 11 is 0. The average Bonchev–Trinajstić information content (AvgIpc) is 3.33. The average molecular weight is 358 g/mol. The third kappa shape index (κ3) is 3.93. The number of amides is 3. The fourth-order valence-corrected chi connectivity index (χ4v) is 2.91. The lowest BCUT2D eigenvalue weighted by atomic mass is 10.1. The number of nitrogens with one attached hydrogen (secondary N) is 3. The summed E-state index contributed by atoms with van der Waals surface area (Å²) < 4.78 is 4.93. The molecule has 1 fully saturated rings. The Morgan fingerprint density at radius 2 is 2.04 bits per heavy atom. The van der Waals surface area contributed by atoms with E-state index >= 15 is 0 Å². The zero-order valence-corrected chi connectivity index (χ0v) is 14.8. The van der Waals surface area contributed by atoms with Gasteiger partial charge in [-0.1, -0.05) is 11.2 Å². The van der Waals surface area contributed by atoms with E-state index in [1.807, 2.05) is 19.1 Å². The summed E-state index contributed by atoms with van der Waals surface area (Å²) in [6, 6.07) is 5.49. The van der Waals surface area contributed by atoms with E-state index in [1.54, 1.807) is 0 Å². The van der Waals surface area contributed by atoms with Crippen LogP contribution in [0.1, 0.15) is 34.9 Å². The van der Waals surface area contributed by atoms with Crippen LogP contribution in [-0.2, 0) is 6.54 Å². The topological polar surface area (TPSA) is 112 Å². The predicted molar refractivity (Wildman–Crippen MR) is 96.2 cm³/mol. The number of hydrogen-bond acceptors (Lipinski definition) is 6. The molecule has 0 aliphatic carbocycles. The second-order valence-corrected chi connectivity index (χ2v) is 6.04. The van der Waals surface area contributed by atoms with E-state index < -0.39 is 5.91 Å². The minimum absolute atomic E-state index is 0.0285. The summed E-state index contributed by atoms with van der Waals surface area (Å²) in [6.07, 6.45) is 2.39. The van der Waals surface area contributed by atoms with Crippen molar-refractivity contribution in [3.63, 3.8) is 0 Å². The molecule has 0 bridgehead atoms. The van der Waals surface area contributed by atoms with E-state index in [-0.39, 0.29) is 24.3 Å². The summed E-state index contributed by atoms with van der Waals surface area (Å²) in [5.74, 6) is -0.362. The van der Waals surface area contributed by atoms with Gasteiger partial charge in [-0.3, -0.25) is 4.79 Å². The Morgan fingerprint density at radius 1 is 1.27 bits per heavy atom. The zero-order valence-electron chi connectivity index (χ0n) is 14.8. The van der Waals surface area contributed by atoms with Gasteiger partial charge in [0.25, 0.3) is 11.7 Å². The van der Waals surface area contributed by atoms with Gasteiger partial charge in [0.2, 0.25) is 5.89 Å². The van der Waals surface area contributed by atoms with Gasteiger partial charge in [-0.25, -0.2) is 4.79 Å². The molecule has 1 aliphatic heterocycles. The largest absolute Gasteiger partial charge is 0.371 e. The van der Waals surface area contributed by atoms with Crippen LogP contribution in [0, 0.1) is 6.92 Å². The molecule has 2 heterocycles. The molecule has 9 nitrogen and oxygen atoms in total. The van der Waals surface area contributed by atoms with Gasteiger partial charge in [0, 0.05) is 31.5 Å². The highest BCUT2D eigenvalue weighted by atomic mass is 16.5. The predicted octanol–water partition coefficient (Wildman–Crippen LogP) is 1.66. The molecule has 2 aromatic rings. The first-order valence-corrected chi connectivity index (χ1v) is 8.52. The van der Waals surface area contributed by atoms with E-state index in [2.05, 4.69) is 37.1 Å². The number of rotatable bonds is 5. The van der Waals surface area contributed by atoms with Crippen LogP contribution in [-0.4, -0.2) is 42.2 Å². The van der Waals surface area contributed by atoms with Crippen molar-refractivity contribution in [2.75, 3.05) is 30.4 Å². The highest BCUT2D eigenvalue weighted by molar-refractivity contribution is 5.91. The molecule has 3 amide bonds. The monoisotopic (exact) mass is 358 g/mol. The minimum atomic E-state index is -0.446. The van der Waals surface area contributed by atoms with Crippen LogP contribution >= 0.6 is 0 Å². The van der Waals surface area contributed by atoms with Crippen molar-refractivity contribution >= 4 is 23.3 Å². The Balaban J connectivity index is 1.59. The fraction of sp³-hybridized carbons (Fsp3) is 0.412. The maximum atomic E-state index is 12.2. The van der Waals surface area contributed by atoms with Crippen molar-refractivity contribution in [1.82, 2.24) is 20.8 Å². The molecule has 0 atom stereocenters. The molecule has 26 heavy (non-hydrogen) atoms. The standard InChI is InChI=1S/C17H22N6O3/c1-11-12(6-5-7-13(11)23-8-3-4-9-23)20-17(25)19-10-14-21-15(22-26-14)16(24)18-2/h5-7H,3-4,8-10H2,1-2H3,(H,18,24)(H2,19,20,25). The maximum Gasteiger partial charge on any atom is 0.319 e. The van der Waals surface area contributed by atoms with Gasteiger partial charge in [0.15, 0.2) is 0 Å². The van der Waals surface area contributed by atoms with Gasteiger partial charge in [-0.15, -0.1) is 0 Å². The van der Waals surface area contributed by atoms with Crippen molar-refractivity contribution in [1.29, 1.82) is 0 Å². The van der Waals surface area contributed by atoms with Crippen LogP contribution in [0.5, 0.6) is 0 Å². The number of urea groups is 1. The number of anilines is 2. The highest BCUT2D eigenvalue weighted by Gasteiger charge is 2.17. The van der Waals surface area contributed by atoms with Crippen LogP contribution in [0.2, 0.25) is 0 Å². The highest BCUT2D eigenvalue weighted by Crippen LogP contribution is 2.29. The number of benzene rings is 1. The molecule has 9 heteroatoms. The van der Waals surface area contributed by atoms with Crippen molar-refractivity contribution < 1.29 is 14.1 Å². The normalized spacial score (nSPS) is 13.5. The molecule has 0 saturated carbocycles. The summed E-state index contributed by atoms with van der Waals surface area (Å²) in [4.78, 5) is 29.8. The molecule has 3 rings (SSSR count). The molecule has 1 aliphatic rings. The van der Waals surface area contributed by atoms with Crippen molar-refractivity contribution in [3.8, 4) is 0 Å². The lowest BCUT2D eigenvalue weighted by Gasteiger charge is -2.22. The number of hydrogen-bond donors (Lipinski definition) is 3. The van der Waals surface area contributed by atoms with Crippen LogP contribution in [0.15, 0.2) is 22.7 Å². The van der Waals surface area contributed by atoms with Gasteiger partial charge in [-0.05, 0) is 37.5 Å². The summed E-state index contributed by atoms with van der Waals surface area (Å²) in [7, 11) is 1.47. The molecule has 1 aromatic carbocycles. The third-order valence-corrected chi connectivity index (χ3v) is 4.30. The first-order chi connectivity index (χ1) is 12.6. The van der Waals surface area contributed by atoms with Gasteiger partial charge in [0.05, 0.1) is 6.54 Å². The maximum absolute atomic E-state index is 12.2. The smallest absolute Gasteiger partial charge is 0.319 e. The second-order valence-electron chi connectivity index (χ2n) is 6.04. The number of nitrogens with zero attached hydrogens (tertiary/aromatic N) is 3. The Labute approximate surface area is 151 Å².